The Balaban J connectivity index is 1.77. The van der Waals surface area contributed by atoms with Gasteiger partial charge in [-0.2, -0.15) is 4.73 Å². The van der Waals surface area contributed by atoms with Crippen LogP contribution in [0.25, 0.3) is 33.5 Å². The summed E-state index contributed by atoms with van der Waals surface area (Å²) in [7, 11) is 0. The third kappa shape index (κ3) is 4.07. The van der Waals surface area contributed by atoms with Gasteiger partial charge in [0.05, 0.1) is 22.3 Å². The van der Waals surface area contributed by atoms with Crippen LogP contribution in [0.3, 0.4) is 0 Å². The van der Waals surface area contributed by atoms with Crippen molar-refractivity contribution in [2.24, 2.45) is 5.73 Å². The van der Waals surface area contributed by atoms with Crippen LogP contribution in [0.15, 0.2) is 42.7 Å². The predicted molar refractivity (Wildman–Crippen MR) is 134 cm³/mol. The Labute approximate surface area is 194 Å². The summed E-state index contributed by atoms with van der Waals surface area (Å²) in [6.45, 7) is 10.1. The normalized spacial score (nSPS) is 14.9. The van der Waals surface area contributed by atoms with E-state index in [1.165, 1.54) is 16.7 Å². The minimum Gasteiger partial charge on any atom is -0.619 e. The summed E-state index contributed by atoms with van der Waals surface area (Å²) in [5, 5.41) is 12.9. The summed E-state index contributed by atoms with van der Waals surface area (Å²) in [6.07, 6.45) is 5.20. The van der Waals surface area contributed by atoms with E-state index in [-0.39, 0.29) is 6.04 Å². The molecule has 3 N–H and O–H groups in total. The summed E-state index contributed by atoms with van der Waals surface area (Å²) in [5.74, 6) is 0.722. The molecule has 0 spiro atoms. The van der Waals surface area contributed by atoms with Crippen LogP contribution < -0.4 is 15.4 Å². The number of nitrogens with one attached hydrogen (secondary N) is 1. The van der Waals surface area contributed by atoms with Gasteiger partial charge < -0.3 is 20.8 Å². The monoisotopic (exact) mass is 441 g/mol. The van der Waals surface area contributed by atoms with Crippen molar-refractivity contribution in [2.75, 3.05) is 18.0 Å². The highest BCUT2D eigenvalue weighted by molar-refractivity contribution is 5.91. The third-order valence-corrected chi connectivity index (χ3v) is 6.59. The van der Waals surface area contributed by atoms with Gasteiger partial charge in [-0.05, 0) is 63.3 Å². The maximum Gasteiger partial charge on any atom is 0.193 e. The van der Waals surface area contributed by atoms with E-state index in [1.807, 2.05) is 0 Å². The van der Waals surface area contributed by atoms with Gasteiger partial charge in [0, 0.05) is 19.1 Å². The average Bonchev–Trinajstić information content (AvgIpc) is 3.17. The molecule has 4 aromatic rings. The molecule has 33 heavy (non-hydrogen) atoms. The lowest BCUT2D eigenvalue weighted by molar-refractivity contribution is -0.604. The second-order valence-corrected chi connectivity index (χ2v) is 9.56. The molecule has 5 rings (SSSR count). The van der Waals surface area contributed by atoms with Crippen LogP contribution >= 0.6 is 0 Å². The smallest absolute Gasteiger partial charge is 0.193 e. The van der Waals surface area contributed by atoms with Gasteiger partial charge in [0.15, 0.2) is 12.4 Å². The summed E-state index contributed by atoms with van der Waals surface area (Å²) >= 11 is 0. The first kappa shape index (κ1) is 21.5. The van der Waals surface area contributed by atoms with E-state index in [0.717, 1.165) is 75.5 Å². The van der Waals surface area contributed by atoms with Crippen molar-refractivity contribution in [1.82, 2.24) is 9.97 Å². The van der Waals surface area contributed by atoms with Crippen LogP contribution in [0.2, 0.25) is 0 Å². The van der Waals surface area contributed by atoms with Gasteiger partial charge >= 0.3 is 0 Å². The van der Waals surface area contributed by atoms with E-state index in [2.05, 4.69) is 67.9 Å². The summed E-state index contributed by atoms with van der Waals surface area (Å²) < 4.78 is 0.910. The third-order valence-electron chi connectivity index (χ3n) is 6.59. The summed E-state index contributed by atoms with van der Waals surface area (Å²) in [5.41, 5.74) is 16.7. The van der Waals surface area contributed by atoms with Gasteiger partial charge in [0.2, 0.25) is 0 Å². The highest BCUT2D eigenvalue weighted by Crippen LogP contribution is 2.40. The maximum atomic E-state index is 12.9. The predicted octanol–water partition coefficient (Wildman–Crippen LogP) is 4.69. The molecule has 6 nitrogen and oxygen atoms in total. The number of rotatable bonds is 3. The highest BCUT2D eigenvalue weighted by Gasteiger charge is 2.27. The molecule has 1 saturated heterocycles. The molecule has 2 aromatic carbocycles. The SMILES string of the molecule is Cc1cc(C)cc(-c2c[n+]([O-])cc(-c3nc4c(C)cc(C)cc4[nH]3)c2N2CCC(N)CC2)c1. The first-order valence-electron chi connectivity index (χ1n) is 11.6. The highest BCUT2D eigenvalue weighted by atomic mass is 16.5. The zero-order chi connectivity index (χ0) is 23.3. The van der Waals surface area contributed by atoms with Crippen LogP contribution in [0.5, 0.6) is 0 Å². The molecule has 0 saturated carbocycles. The first-order chi connectivity index (χ1) is 15.8. The summed E-state index contributed by atoms with van der Waals surface area (Å²) in [6, 6.07) is 10.9. The number of anilines is 1. The number of hydrogen-bond acceptors (Lipinski definition) is 4. The largest absolute Gasteiger partial charge is 0.619 e. The lowest BCUT2D eigenvalue weighted by Gasteiger charge is -2.34. The molecule has 1 aliphatic heterocycles. The van der Waals surface area contributed by atoms with Crippen molar-refractivity contribution in [1.29, 1.82) is 0 Å². The van der Waals surface area contributed by atoms with Crippen molar-refractivity contribution in [3.63, 3.8) is 0 Å². The number of H-pyrrole nitrogens is 1. The van der Waals surface area contributed by atoms with E-state index >= 15 is 0 Å². The van der Waals surface area contributed by atoms with Gasteiger partial charge in [-0.1, -0.05) is 35.4 Å². The van der Waals surface area contributed by atoms with Crippen LogP contribution in [0.4, 0.5) is 5.69 Å². The fourth-order valence-corrected chi connectivity index (χ4v) is 5.14. The minimum absolute atomic E-state index is 0.222. The van der Waals surface area contributed by atoms with Crippen molar-refractivity contribution < 1.29 is 4.73 Å². The second-order valence-electron chi connectivity index (χ2n) is 9.56. The van der Waals surface area contributed by atoms with E-state index < -0.39 is 0 Å². The van der Waals surface area contributed by atoms with Gasteiger partial charge in [-0.25, -0.2) is 4.98 Å². The molecule has 0 radical (unpaired) electrons. The number of hydrogen-bond donors (Lipinski definition) is 2. The Morgan fingerprint density at radius 1 is 0.939 bits per heavy atom. The molecular weight excluding hydrogens is 410 g/mol. The zero-order valence-electron chi connectivity index (χ0n) is 19.8. The molecule has 1 aliphatic rings. The number of piperidine rings is 1. The van der Waals surface area contributed by atoms with E-state index in [4.69, 9.17) is 10.7 Å². The van der Waals surface area contributed by atoms with Crippen molar-refractivity contribution in [3.8, 4) is 22.5 Å². The Kier molecular flexibility index (Phi) is 5.33. The van der Waals surface area contributed by atoms with Crippen LogP contribution in [-0.2, 0) is 0 Å². The molecule has 0 atom stereocenters. The molecule has 1 fully saturated rings. The number of imidazole rings is 1. The first-order valence-corrected chi connectivity index (χ1v) is 11.6. The molecule has 0 bridgehead atoms. The van der Waals surface area contributed by atoms with Crippen LogP contribution in [0.1, 0.15) is 35.1 Å². The molecule has 0 aliphatic carbocycles. The van der Waals surface area contributed by atoms with Crippen LogP contribution in [-0.4, -0.2) is 29.1 Å². The number of fused-ring (bicyclic) bond motifs is 1. The Hall–Kier alpha value is -3.38. The topological polar surface area (TPSA) is 84.9 Å². The summed E-state index contributed by atoms with van der Waals surface area (Å²) in [4.78, 5) is 10.8. The van der Waals surface area contributed by atoms with Crippen LogP contribution in [0, 0.1) is 32.9 Å². The van der Waals surface area contributed by atoms with Gasteiger partial charge in [-0.15, -0.1) is 0 Å². The molecule has 0 amide bonds. The number of nitrogens with two attached hydrogens (primary N) is 1. The average molecular weight is 442 g/mol. The van der Waals surface area contributed by atoms with E-state index in [0.29, 0.717) is 0 Å². The molecule has 3 heterocycles. The zero-order valence-corrected chi connectivity index (χ0v) is 19.8. The van der Waals surface area contributed by atoms with E-state index in [1.54, 1.807) is 12.4 Å². The molecule has 170 valence electrons. The quantitative estimate of drug-likeness (QED) is 0.357. The van der Waals surface area contributed by atoms with E-state index in [9.17, 15) is 5.21 Å². The lowest BCUT2D eigenvalue weighted by atomic mass is 9.96. The van der Waals surface area contributed by atoms with Crippen molar-refractivity contribution in [2.45, 2.75) is 46.6 Å². The number of aromatic nitrogens is 3. The standard InChI is InChI=1S/C27H31N5O/c1-16-9-17(2)12-20(11-16)22-14-32(33)15-23(26(22)31-7-5-21(28)6-8-31)27-29-24-13-18(3)10-19(4)25(24)30-27/h9-15,21H,5-8,28H2,1-4H3,(H,29,30). The Morgan fingerprint density at radius 3 is 2.27 bits per heavy atom. The van der Waals surface area contributed by atoms with Crippen molar-refractivity contribution in [3.05, 3.63) is 70.2 Å². The fraction of sp³-hybridized carbons (Fsp3) is 0.333. The molecular formula is C27H31N5O. The number of benzene rings is 2. The molecule has 2 aromatic heterocycles. The van der Waals surface area contributed by atoms with Gasteiger partial charge in [0.1, 0.15) is 11.4 Å². The van der Waals surface area contributed by atoms with Gasteiger partial charge in [-0.3, -0.25) is 0 Å². The number of aromatic amines is 1. The lowest BCUT2D eigenvalue weighted by Crippen LogP contribution is -2.40. The Bertz CT molecular complexity index is 1330. The fourth-order valence-electron chi connectivity index (χ4n) is 5.14. The second kappa shape index (κ2) is 8.19. The maximum absolute atomic E-state index is 12.9. The van der Waals surface area contributed by atoms with Gasteiger partial charge in [0.25, 0.3) is 0 Å². The molecule has 6 heteroatoms. The number of pyridine rings is 1. The Morgan fingerprint density at radius 2 is 1.58 bits per heavy atom. The molecule has 0 unspecified atom stereocenters. The minimum atomic E-state index is 0.222. The number of nitrogens with zero attached hydrogens (tertiary/aromatic N) is 3. The number of aryl methyl sites for hydroxylation is 4. The van der Waals surface area contributed by atoms with Crippen molar-refractivity contribution >= 4 is 16.7 Å².